The van der Waals surface area contributed by atoms with Gasteiger partial charge in [0.15, 0.2) is 16.3 Å². The molecule has 7 aromatic rings. The van der Waals surface area contributed by atoms with Gasteiger partial charge in [-0.05, 0) is 28.1 Å². The first kappa shape index (κ1) is 31.1. The molecule has 5 heteroatoms. The summed E-state index contributed by atoms with van der Waals surface area (Å²) in [5, 5.41) is 4.65. The van der Waals surface area contributed by atoms with Gasteiger partial charge in [0.2, 0.25) is 0 Å². The normalized spacial score (nSPS) is 11.0. The van der Waals surface area contributed by atoms with Crippen molar-refractivity contribution in [2.24, 2.45) is 0 Å². The van der Waals surface area contributed by atoms with Crippen LogP contribution in [0.4, 0.5) is 0 Å². The number of benzene rings is 7. The lowest BCUT2D eigenvalue weighted by atomic mass is 9.98. The summed E-state index contributed by atoms with van der Waals surface area (Å²) in [5.74, 6) is 1.68. The Morgan fingerprint density at radius 2 is 0.574 bits per heavy atom. The van der Waals surface area contributed by atoms with Gasteiger partial charge >= 0.3 is 0 Å². The average Bonchev–Trinajstić information content (AvgIpc) is 3.15. The Morgan fingerprint density at radius 3 is 0.915 bits per heavy atom. The topological polar surface area (TPSA) is 18.5 Å². The van der Waals surface area contributed by atoms with Crippen LogP contribution in [0.5, 0.6) is 11.5 Å². The van der Waals surface area contributed by atoms with Gasteiger partial charge in [-0.15, -0.1) is 0 Å². The van der Waals surface area contributed by atoms with E-state index in [0.717, 1.165) is 59.4 Å². The third-order valence-electron chi connectivity index (χ3n) is 7.70. The van der Waals surface area contributed by atoms with Crippen LogP contribution in [0.15, 0.2) is 193 Å². The minimum Gasteiger partial charge on any atom is -0.464 e. The van der Waals surface area contributed by atoms with E-state index in [4.69, 9.17) is 9.05 Å². The van der Waals surface area contributed by atoms with Gasteiger partial charge in [0, 0.05) is 47.9 Å². The molecular formula is C42H31BrO2P2. The maximum Gasteiger partial charge on any atom is 0.150 e. The summed E-state index contributed by atoms with van der Waals surface area (Å²) in [6, 6.07) is 65.0. The lowest BCUT2D eigenvalue weighted by molar-refractivity contribution is 0.632. The van der Waals surface area contributed by atoms with E-state index in [-0.39, 0.29) is 0 Å². The second-order valence-electron chi connectivity index (χ2n) is 10.8. The summed E-state index contributed by atoms with van der Waals surface area (Å²) in [4.78, 5) is 0. The smallest absolute Gasteiger partial charge is 0.150 e. The first-order valence-electron chi connectivity index (χ1n) is 15.4. The molecule has 2 nitrogen and oxygen atoms in total. The van der Waals surface area contributed by atoms with E-state index in [1.165, 1.54) is 0 Å². The number of hydrogen-bond donors (Lipinski definition) is 0. The Bertz CT molecular complexity index is 1830. The molecule has 0 aliphatic heterocycles. The van der Waals surface area contributed by atoms with Crippen molar-refractivity contribution >= 4 is 53.4 Å². The van der Waals surface area contributed by atoms with Gasteiger partial charge in [-0.3, -0.25) is 0 Å². The van der Waals surface area contributed by atoms with Crippen LogP contribution in [0.1, 0.15) is 0 Å². The van der Waals surface area contributed by atoms with Gasteiger partial charge in [-0.1, -0.05) is 176 Å². The lowest BCUT2D eigenvalue weighted by Gasteiger charge is -2.23. The standard InChI is InChI=1S/C42H31BrO2P2/c43-42-38(36-26-13-15-30-40(36)44-46(32-18-5-1-6-19-32)33-20-7-2-8-21-33)28-17-29-39(42)37-27-14-16-31-41(37)45-47(34-22-9-3-10-23-34)35-24-11-4-12-25-35/h1-31H. The molecule has 0 unspecified atom stereocenters. The number of halogens is 1. The van der Waals surface area contributed by atoms with E-state index in [1.807, 2.05) is 36.4 Å². The molecule has 0 aromatic heterocycles. The maximum absolute atomic E-state index is 6.97. The summed E-state index contributed by atoms with van der Waals surface area (Å²) in [7, 11) is -2.18. The highest BCUT2D eigenvalue weighted by Gasteiger charge is 2.23. The zero-order chi connectivity index (χ0) is 31.8. The van der Waals surface area contributed by atoms with Gasteiger partial charge in [0.05, 0.1) is 0 Å². The zero-order valence-corrected chi connectivity index (χ0v) is 28.9. The predicted molar refractivity (Wildman–Crippen MR) is 204 cm³/mol. The minimum atomic E-state index is -1.09. The largest absolute Gasteiger partial charge is 0.464 e. The highest BCUT2D eigenvalue weighted by atomic mass is 79.9. The quantitative estimate of drug-likeness (QED) is 0.132. The lowest BCUT2D eigenvalue weighted by Crippen LogP contribution is -2.15. The molecule has 0 aliphatic carbocycles. The van der Waals surface area contributed by atoms with Crippen LogP contribution >= 0.6 is 32.2 Å². The number of rotatable bonds is 10. The van der Waals surface area contributed by atoms with Crippen LogP contribution in [-0.4, -0.2) is 0 Å². The van der Waals surface area contributed by atoms with Crippen molar-refractivity contribution in [3.8, 4) is 33.8 Å². The van der Waals surface area contributed by atoms with Crippen molar-refractivity contribution in [2.75, 3.05) is 0 Å². The summed E-state index contributed by atoms with van der Waals surface area (Å²) < 4.78 is 14.9. The second-order valence-corrected chi connectivity index (χ2v) is 15.2. The highest BCUT2D eigenvalue weighted by Crippen LogP contribution is 2.47. The Kier molecular flexibility index (Phi) is 9.88. The van der Waals surface area contributed by atoms with Crippen LogP contribution in [0, 0.1) is 0 Å². The van der Waals surface area contributed by atoms with E-state index in [1.54, 1.807) is 0 Å². The molecule has 0 aliphatic rings. The van der Waals surface area contributed by atoms with Crippen LogP contribution in [-0.2, 0) is 0 Å². The first-order valence-corrected chi connectivity index (χ1v) is 18.7. The van der Waals surface area contributed by atoms with Gasteiger partial charge in [-0.25, -0.2) is 0 Å². The molecule has 0 bridgehead atoms. The summed E-state index contributed by atoms with van der Waals surface area (Å²) in [6.07, 6.45) is 0. The Hall–Kier alpha value is -4.52. The third kappa shape index (κ3) is 7.09. The number of hydrogen-bond acceptors (Lipinski definition) is 2. The average molecular weight is 710 g/mol. The van der Waals surface area contributed by atoms with Crippen LogP contribution in [0.2, 0.25) is 0 Å². The molecule has 47 heavy (non-hydrogen) atoms. The minimum absolute atomic E-state index is 0.838. The molecular weight excluding hydrogens is 678 g/mol. The molecule has 0 saturated carbocycles. The molecule has 0 atom stereocenters. The fourth-order valence-corrected chi connectivity index (χ4v) is 9.64. The van der Waals surface area contributed by atoms with Crippen molar-refractivity contribution < 1.29 is 9.05 Å². The predicted octanol–water partition coefficient (Wildman–Crippen LogP) is 10.6. The summed E-state index contributed by atoms with van der Waals surface area (Å²) in [5.41, 5.74) is 4.15. The van der Waals surface area contributed by atoms with Crippen molar-refractivity contribution in [1.82, 2.24) is 0 Å². The Balaban J connectivity index is 1.28. The molecule has 0 spiro atoms. The molecule has 0 saturated heterocycles. The Labute approximate surface area is 287 Å². The summed E-state index contributed by atoms with van der Waals surface area (Å²) in [6.45, 7) is 0. The first-order chi connectivity index (χ1) is 23.3. The van der Waals surface area contributed by atoms with E-state index in [2.05, 4.69) is 168 Å². The molecule has 228 valence electrons. The van der Waals surface area contributed by atoms with E-state index >= 15 is 0 Å². The van der Waals surface area contributed by atoms with Crippen molar-refractivity contribution in [3.05, 3.63) is 193 Å². The monoisotopic (exact) mass is 708 g/mol. The maximum atomic E-state index is 6.97. The fraction of sp³-hybridized carbons (Fsp3) is 0. The van der Waals surface area contributed by atoms with E-state index in [0.29, 0.717) is 0 Å². The van der Waals surface area contributed by atoms with E-state index < -0.39 is 16.3 Å². The van der Waals surface area contributed by atoms with Gasteiger partial charge in [0.1, 0.15) is 11.5 Å². The number of para-hydroxylation sites is 2. The van der Waals surface area contributed by atoms with Crippen LogP contribution in [0.3, 0.4) is 0 Å². The van der Waals surface area contributed by atoms with Crippen LogP contribution in [0.25, 0.3) is 22.3 Å². The van der Waals surface area contributed by atoms with E-state index in [9.17, 15) is 0 Å². The molecule has 0 heterocycles. The van der Waals surface area contributed by atoms with Crippen molar-refractivity contribution in [2.45, 2.75) is 0 Å². The van der Waals surface area contributed by atoms with Gasteiger partial charge in [0.25, 0.3) is 0 Å². The molecule has 7 rings (SSSR count). The van der Waals surface area contributed by atoms with Crippen molar-refractivity contribution in [1.29, 1.82) is 0 Å². The van der Waals surface area contributed by atoms with Gasteiger partial charge < -0.3 is 9.05 Å². The molecule has 0 radical (unpaired) electrons. The Morgan fingerprint density at radius 1 is 0.298 bits per heavy atom. The fourth-order valence-electron chi connectivity index (χ4n) is 5.44. The SMILES string of the molecule is Brc1c(-c2ccccc2OP(c2ccccc2)c2ccccc2)cccc1-c1ccccc1OP(c1ccccc1)c1ccccc1. The van der Waals surface area contributed by atoms with Crippen LogP contribution < -0.4 is 30.3 Å². The molecule has 0 fully saturated rings. The molecule has 0 amide bonds. The second kappa shape index (κ2) is 14.9. The zero-order valence-electron chi connectivity index (χ0n) is 25.5. The highest BCUT2D eigenvalue weighted by molar-refractivity contribution is 9.10. The van der Waals surface area contributed by atoms with Crippen molar-refractivity contribution in [3.63, 3.8) is 0 Å². The molecule has 7 aromatic carbocycles. The van der Waals surface area contributed by atoms with Gasteiger partial charge in [-0.2, -0.15) is 0 Å². The third-order valence-corrected chi connectivity index (χ3v) is 12.4. The summed E-state index contributed by atoms with van der Waals surface area (Å²) >= 11 is 4.03. The molecule has 0 N–H and O–H groups in total.